The predicted octanol–water partition coefficient (Wildman–Crippen LogP) is 3.04. The minimum Gasteiger partial charge on any atom is -0.393 e. The van der Waals surface area contributed by atoms with Crippen LogP contribution < -0.4 is 0 Å². The van der Waals surface area contributed by atoms with Crippen molar-refractivity contribution >= 4 is 5.71 Å². The number of nitrogens with zero attached hydrogens (tertiary/aromatic N) is 3. The number of likely N-dealkylation sites (tertiary alicyclic amines) is 2. The van der Waals surface area contributed by atoms with E-state index in [1.807, 2.05) is 0 Å². The number of hydrogen-bond donors (Lipinski definition) is 1. The number of hydrogen-bond acceptors (Lipinski definition) is 6. The van der Waals surface area contributed by atoms with E-state index in [1.54, 1.807) is 0 Å². The van der Waals surface area contributed by atoms with Gasteiger partial charge in [-0.1, -0.05) is 18.0 Å². The molecule has 6 heteroatoms. The largest absolute Gasteiger partial charge is 0.393 e. The number of fused-ring (bicyclic) bond motifs is 3. The van der Waals surface area contributed by atoms with Crippen LogP contribution in [0.25, 0.3) is 0 Å². The lowest BCUT2D eigenvalue weighted by Crippen LogP contribution is -2.70. The van der Waals surface area contributed by atoms with E-state index in [9.17, 15) is 5.11 Å². The van der Waals surface area contributed by atoms with E-state index in [-0.39, 0.29) is 17.8 Å². The Morgan fingerprint density at radius 1 is 1.07 bits per heavy atom. The molecule has 4 heterocycles. The van der Waals surface area contributed by atoms with Crippen molar-refractivity contribution in [1.29, 1.82) is 0 Å². The Balaban J connectivity index is 1.44. The van der Waals surface area contributed by atoms with E-state index in [4.69, 9.17) is 9.57 Å². The van der Waals surface area contributed by atoms with Gasteiger partial charge in [0.1, 0.15) is 24.0 Å². The van der Waals surface area contributed by atoms with Crippen molar-refractivity contribution in [3.8, 4) is 0 Å². The number of aliphatic hydroxyl groups is 1. The molecule has 0 aromatic heterocycles. The summed E-state index contributed by atoms with van der Waals surface area (Å²) in [6.07, 6.45) is 9.35. The van der Waals surface area contributed by atoms with Gasteiger partial charge < -0.3 is 19.6 Å². The fourth-order valence-corrected chi connectivity index (χ4v) is 6.17. The predicted molar refractivity (Wildman–Crippen MR) is 115 cm³/mol. The molecule has 5 fully saturated rings. The van der Waals surface area contributed by atoms with Crippen LogP contribution in [0.5, 0.6) is 0 Å². The molecular formula is C23H41N3O3. The third-order valence-corrected chi connectivity index (χ3v) is 7.65. The zero-order valence-corrected chi connectivity index (χ0v) is 18.7. The average Bonchev–Trinajstić information content (AvgIpc) is 2.69. The molecule has 5 aliphatic rings. The lowest BCUT2D eigenvalue weighted by atomic mass is 9.64. The molecule has 4 saturated heterocycles. The summed E-state index contributed by atoms with van der Waals surface area (Å²) in [6, 6.07) is 0.303. The Hall–Kier alpha value is -0.690. The lowest BCUT2D eigenvalue weighted by Gasteiger charge is -2.60. The third-order valence-electron chi connectivity index (χ3n) is 7.65. The first-order valence-electron chi connectivity index (χ1n) is 11.9. The quantitative estimate of drug-likeness (QED) is 0.686. The molecule has 6 nitrogen and oxygen atoms in total. The van der Waals surface area contributed by atoms with Crippen LogP contribution in [0.4, 0.5) is 0 Å². The van der Waals surface area contributed by atoms with Gasteiger partial charge in [-0.15, -0.1) is 0 Å². The maximum Gasteiger partial charge on any atom is 0.144 e. The second-order valence-corrected chi connectivity index (χ2v) is 10.4. The fraction of sp³-hybridized carbons (Fsp3) is 0.957. The van der Waals surface area contributed by atoms with E-state index in [0.29, 0.717) is 18.5 Å². The monoisotopic (exact) mass is 407 g/mol. The smallest absolute Gasteiger partial charge is 0.144 e. The van der Waals surface area contributed by atoms with Gasteiger partial charge >= 0.3 is 0 Å². The Labute approximate surface area is 176 Å². The minimum absolute atomic E-state index is 0.137. The molecule has 1 unspecified atom stereocenters. The van der Waals surface area contributed by atoms with Crippen molar-refractivity contribution in [1.82, 2.24) is 9.80 Å². The van der Waals surface area contributed by atoms with Crippen molar-refractivity contribution in [2.75, 3.05) is 39.3 Å². The molecule has 0 spiro atoms. The van der Waals surface area contributed by atoms with E-state index < -0.39 is 6.10 Å². The van der Waals surface area contributed by atoms with Crippen molar-refractivity contribution in [2.45, 2.75) is 95.5 Å². The second kappa shape index (κ2) is 8.81. The summed E-state index contributed by atoms with van der Waals surface area (Å²) in [5.41, 5.74) is 0.556. The number of aliphatic hydroxyl groups excluding tert-OH is 1. The molecule has 5 rings (SSSR count). The topological polar surface area (TPSA) is 57.5 Å². The molecule has 4 atom stereocenters. The van der Waals surface area contributed by atoms with Crippen LogP contribution in [0.2, 0.25) is 0 Å². The van der Waals surface area contributed by atoms with Crippen molar-refractivity contribution in [3.63, 3.8) is 0 Å². The standard InChI is InChI=1S/C23H41N3O3/c1-22(2)19-10-11-23(3,29-22)21(20(19)26-14-8-5-9-15-26)24-28-17-18(27)16-25-12-6-4-7-13-25/h18-20,27H,4-17H2,1-3H3/b24-21+/t18?,19-,20-,23+/m1/s1. The van der Waals surface area contributed by atoms with Crippen LogP contribution in [-0.4, -0.2) is 83.3 Å². The molecule has 0 radical (unpaired) electrons. The summed E-state index contributed by atoms with van der Waals surface area (Å²) in [6.45, 7) is 12.1. The fourth-order valence-electron chi connectivity index (χ4n) is 6.17. The maximum absolute atomic E-state index is 10.4. The number of piperidine rings is 2. The number of ether oxygens (including phenoxy) is 1. The third kappa shape index (κ3) is 4.65. The van der Waals surface area contributed by atoms with E-state index >= 15 is 0 Å². The zero-order valence-electron chi connectivity index (χ0n) is 18.7. The molecule has 1 N–H and O–H groups in total. The first kappa shape index (κ1) is 21.5. The summed E-state index contributed by atoms with van der Waals surface area (Å²) < 4.78 is 6.56. The first-order valence-corrected chi connectivity index (χ1v) is 11.9. The van der Waals surface area contributed by atoms with Crippen molar-refractivity contribution in [3.05, 3.63) is 0 Å². The SMILES string of the molecule is CC1(C)O[C@@]2(C)CC[C@@H]1[C@@H](N1CCCCC1)/C2=N\OCC(O)CN1CCCCC1. The molecule has 1 saturated carbocycles. The molecule has 1 aliphatic carbocycles. The number of β-amino-alcohol motifs (C(OH)–C–C–N with tert-alkyl or cyclic N) is 1. The molecular weight excluding hydrogens is 366 g/mol. The summed E-state index contributed by atoms with van der Waals surface area (Å²) >= 11 is 0. The Morgan fingerprint density at radius 2 is 1.72 bits per heavy atom. The normalized spacial score (nSPS) is 38.3. The van der Waals surface area contributed by atoms with Crippen LogP contribution in [0.15, 0.2) is 5.16 Å². The summed E-state index contributed by atoms with van der Waals surface area (Å²) in [7, 11) is 0. The molecule has 2 bridgehead atoms. The molecule has 4 aliphatic heterocycles. The van der Waals surface area contributed by atoms with Gasteiger partial charge in [0.05, 0.1) is 11.6 Å². The lowest BCUT2D eigenvalue weighted by molar-refractivity contribution is -0.197. The van der Waals surface area contributed by atoms with Crippen LogP contribution in [0.1, 0.15) is 72.1 Å². The Kier molecular flexibility index (Phi) is 6.55. The minimum atomic E-state index is -0.489. The second-order valence-electron chi connectivity index (χ2n) is 10.4. The van der Waals surface area contributed by atoms with Gasteiger partial charge in [-0.25, -0.2) is 0 Å². The summed E-state index contributed by atoms with van der Waals surface area (Å²) in [5.74, 6) is 0.447. The van der Waals surface area contributed by atoms with Gasteiger partial charge in [0, 0.05) is 12.5 Å². The van der Waals surface area contributed by atoms with Gasteiger partial charge in [-0.05, 0) is 85.5 Å². The highest BCUT2D eigenvalue weighted by molar-refractivity contribution is 5.98. The van der Waals surface area contributed by atoms with Crippen LogP contribution in [0, 0.1) is 5.92 Å². The Bertz CT molecular complexity index is 584. The van der Waals surface area contributed by atoms with E-state index in [0.717, 1.165) is 38.3 Å². The number of rotatable bonds is 6. The summed E-state index contributed by atoms with van der Waals surface area (Å²) in [5, 5.41) is 15.1. The van der Waals surface area contributed by atoms with Gasteiger partial charge in [0.25, 0.3) is 0 Å². The number of oxime groups is 1. The Morgan fingerprint density at radius 3 is 2.38 bits per heavy atom. The van der Waals surface area contributed by atoms with Gasteiger partial charge in [-0.2, -0.15) is 0 Å². The highest BCUT2D eigenvalue weighted by Gasteiger charge is 2.59. The van der Waals surface area contributed by atoms with Crippen LogP contribution in [0.3, 0.4) is 0 Å². The van der Waals surface area contributed by atoms with Crippen LogP contribution >= 0.6 is 0 Å². The van der Waals surface area contributed by atoms with Crippen LogP contribution in [-0.2, 0) is 9.57 Å². The van der Waals surface area contributed by atoms with E-state index in [2.05, 4.69) is 35.7 Å². The van der Waals surface area contributed by atoms with Gasteiger partial charge in [0.2, 0.25) is 0 Å². The van der Waals surface area contributed by atoms with Gasteiger partial charge in [-0.3, -0.25) is 4.90 Å². The van der Waals surface area contributed by atoms with Gasteiger partial charge in [0.15, 0.2) is 0 Å². The summed E-state index contributed by atoms with van der Waals surface area (Å²) in [4.78, 5) is 10.8. The van der Waals surface area contributed by atoms with Crippen molar-refractivity contribution in [2.24, 2.45) is 11.1 Å². The molecule has 166 valence electrons. The van der Waals surface area contributed by atoms with E-state index in [1.165, 1.54) is 44.9 Å². The molecule has 0 aromatic carbocycles. The highest BCUT2D eigenvalue weighted by Crippen LogP contribution is 2.50. The zero-order chi connectivity index (χ0) is 20.5. The molecule has 0 aromatic rings. The molecule has 29 heavy (non-hydrogen) atoms. The van der Waals surface area contributed by atoms with Crippen molar-refractivity contribution < 1.29 is 14.7 Å². The maximum atomic E-state index is 10.4. The first-order chi connectivity index (χ1) is 13.9. The molecule has 0 amide bonds. The highest BCUT2D eigenvalue weighted by atomic mass is 16.6. The average molecular weight is 408 g/mol.